The van der Waals surface area contributed by atoms with Gasteiger partial charge < -0.3 is 9.47 Å². The summed E-state index contributed by atoms with van der Waals surface area (Å²) in [4.78, 5) is 8.08. The third-order valence-corrected chi connectivity index (χ3v) is 4.93. The average molecular weight is 372 g/mol. The van der Waals surface area contributed by atoms with E-state index < -0.39 is 0 Å². The predicted octanol–water partition coefficient (Wildman–Crippen LogP) is 5.55. The molecule has 0 aliphatic heterocycles. The van der Waals surface area contributed by atoms with Gasteiger partial charge in [0.15, 0.2) is 0 Å². The number of benzene rings is 1. The molecule has 0 aliphatic rings. The summed E-state index contributed by atoms with van der Waals surface area (Å²) >= 11 is 14.0. The summed E-state index contributed by atoms with van der Waals surface area (Å²) in [5.41, 5.74) is 1.13. The fraction of sp³-hybridized carbons (Fsp3) is 0.471. The lowest BCUT2D eigenvalue weighted by molar-refractivity contribution is 0.379. The summed E-state index contributed by atoms with van der Waals surface area (Å²) in [5, 5.41) is 2.49. The van der Waals surface area contributed by atoms with Gasteiger partial charge in [-0.25, -0.2) is 4.98 Å². The first kappa shape index (κ1) is 18.7. The van der Waals surface area contributed by atoms with Crippen LogP contribution in [0.1, 0.15) is 38.2 Å². The molecule has 0 spiro atoms. The van der Waals surface area contributed by atoms with Crippen molar-refractivity contribution in [2.24, 2.45) is 0 Å². The van der Waals surface area contributed by atoms with Crippen molar-refractivity contribution in [3.8, 4) is 0 Å². The maximum Gasteiger partial charge on any atom is 0.124 e. The largest absolute Gasteiger partial charge is 0.322 e. The molecule has 1 aromatic carbocycles. The minimum Gasteiger partial charge on any atom is -0.322 e. The van der Waals surface area contributed by atoms with Crippen LogP contribution in [0.25, 0.3) is 0 Å². The molecule has 0 N–H and O–H groups in total. The Morgan fingerprint density at radius 2 is 1.78 bits per heavy atom. The van der Waals surface area contributed by atoms with Gasteiger partial charge in [0, 0.05) is 21.5 Å². The summed E-state index contributed by atoms with van der Waals surface area (Å²) in [5.74, 6) is 1.46. The van der Waals surface area contributed by atoms with Crippen LogP contribution in [-0.2, 0) is 13.1 Å². The fourth-order valence-corrected chi connectivity index (χ4v) is 4.40. The van der Waals surface area contributed by atoms with Crippen molar-refractivity contribution < 1.29 is 0 Å². The van der Waals surface area contributed by atoms with Gasteiger partial charge in [-0.15, -0.1) is 0 Å². The molecule has 1 heterocycles. The Morgan fingerprint density at radius 1 is 1.17 bits per heavy atom. The van der Waals surface area contributed by atoms with Gasteiger partial charge >= 0.3 is 0 Å². The minimum absolute atomic E-state index is 0.362. The molecule has 0 atom stereocenters. The van der Waals surface area contributed by atoms with E-state index >= 15 is 0 Å². The van der Waals surface area contributed by atoms with Crippen LogP contribution in [0.5, 0.6) is 0 Å². The van der Waals surface area contributed by atoms with E-state index in [1.807, 2.05) is 12.1 Å². The van der Waals surface area contributed by atoms with Crippen molar-refractivity contribution in [3.63, 3.8) is 0 Å². The molecule has 1 aromatic heterocycles. The van der Waals surface area contributed by atoms with E-state index in [1.165, 1.54) is 5.03 Å². The molecule has 2 aromatic rings. The maximum atomic E-state index is 6.14. The zero-order valence-electron chi connectivity index (χ0n) is 14.2. The molecule has 0 saturated carbocycles. The highest BCUT2D eigenvalue weighted by atomic mass is 35.5. The maximum absolute atomic E-state index is 6.14. The van der Waals surface area contributed by atoms with Crippen LogP contribution in [0.4, 0.5) is 0 Å². The van der Waals surface area contributed by atoms with E-state index in [4.69, 9.17) is 28.2 Å². The number of nitrogens with zero attached hydrogens (tertiary/aromatic N) is 3. The first-order chi connectivity index (χ1) is 10.8. The molecule has 0 radical (unpaired) electrons. The van der Waals surface area contributed by atoms with E-state index in [-0.39, 0.29) is 0 Å². The molecule has 6 heteroatoms. The van der Waals surface area contributed by atoms with Crippen LogP contribution in [0.15, 0.2) is 28.1 Å². The Hall–Kier alpha value is -0.680. The molecule has 23 heavy (non-hydrogen) atoms. The summed E-state index contributed by atoms with van der Waals surface area (Å²) in [6.07, 6.45) is 0. The first-order valence-electron chi connectivity index (χ1n) is 7.69. The van der Waals surface area contributed by atoms with E-state index in [1.54, 1.807) is 17.8 Å². The normalized spacial score (nSPS) is 11.7. The number of halogens is 2. The molecule has 126 valence electrons. The van der Waals surface area contributed by atoms with Crippen LogP contribution in [0.2, 0.25) is 10.0 Å². The van der Waals surface area contributed by atoms with Gasteiger partial charge in [-0.1, -0.05) is 48.8 Å². The van der Waals surface area contributed by atoms with Crippen molar-refractivity contribution in [1.82, 2.24) is 14.5 Å². The number of hydrogen-bond donors (Lipinski definition) is 0. The molecular formula is C17H23Cl2N3S. The van der Waals surface area contributed by atoms with Crippen LogP contribution < -0.4 is 0 Å². The van der Waals surface area contributed by atoms with Gasteiger partial charge in [0.2, 0.25) is 0 Å². The minimum atomic E-state index is 0.362. The highest BCUT2D eigenvalue weighted by Crippen LogP contribution is 2.37. The van der Waals surface area contributed by atoms with Gasteiger partial charge in [0.05, 0.1) is 12.2 Å². The Balaban J connectivity index is 2.48. The third-order valence-electron chi connectivity index (χ3n) is 3.40. The van der Waals surface area contributed by atoms with Crippen molar-refractivity contribution in [2.45, 2.75) is 49.7 Å². The first-order valence-corrected chi connectivity index (χ1v) is 9.27. The quantitative estimate of drug-likeness (QED) is 0.664. The molecule has 0 saturated heterocycles. The summed E-state index contributed by atoms with van der Waals surface area (Å²) < 4.78 is 2.29. The SMILES string of the molecule is CCn1c(CN(C)C)nc(C(C)C)c1Sc1cc(Cl)cc(Cl)c1. The molecule has 0 amide bonds. The Morgan fingerprint density at radius 3 is 2.26 bits per heavy atom. The van der Waals surface area contributed by atoms with E-state index in [0.29, 0.717) is 16.0 Å². The average Bonchev–Trinajstić information content (AvgIpc) is 2.74. The second-order valence-corrected chi connectivity index (χ2v) is 8.00. The summed E-state index contributed by atoms with van der Waals surface area (Å²) in [7, 11) is 4.13. The smallest absolute Gasteiger partial charge is 0.124 e. The standard InChI is InChI=1S/C17H23Cl2N3S/c1-6-22-15(10-21(4)5)20-16(11(2)3)17(22)23-14-8-12(18)7-13(19)9-14/h7-9,11H,6,10H2,1-5H3. The zero-order valence-corrected chi connectivity index (χ0v) is 16.6. The zero-order chi connectivity index (χ0) is 17.1. The van der Waals surface area contributed by atoms with Gasteiger partial charge in [0.1, 0.15) is 10.9 Å². The van der Waals surface area contributed by atoms with Crippen molar-refractivity contribution in [3.05, 3.63) is 39.8 Å². The topological polar surface area (TPSA) is 21.1 Å². The summed E-state index contributed by atoms with van der Waals surface area (Å²) in [6, 6.07) is 5.65. The number of imidazole rings is 1. The monoisotopic (exact) mass is 371 g/mol. The van der Waals surface area contributed by atoms with E-state index in [0.717, 1.165) is 29.5 Å². The van der Waals surface area contributed by atoms with Crippen molar-refractivity contribution in [2.75, 3.05) is 14.1 Å². The molecule has 2 rings (SSSR count). The molecule has 0 bridgehead atoms. The highest BCUT2D eigenvalue weighted by molar-refractivity contribution is 7.99. The Bertz CT molecular complexity index is 660. The van der Waals surface area contributed by atoms with Crippen LogP contribution in [-0.4, -0.2) is 28.5 Å². The second kappa shape index (κ2) is 7.93. The Kier molecular flexibility index (Phi) is 6.43. The lowest BCUT2D eigenvalue weighted by atomic mass is 10.1. The predicted molar refractivity (Wildman–Crippen MR) is 100.0 cm³/mol. The lowest BCUT2D eigenvalue weighted by Gasteiger charge is -2.13. The molecule has 0 aliphatic carbocycles. The fourth-order valence-electron chi connectivity index (χ4n) is 2.41. The van der Waals surface area contributed by atoms with Crippen molar-refractivity contribution in [1.29, 1.82) is 0 Å². The van der Waals surface area contributed by atoms with Crippen LogP contribution >= 0.6 is 35.0 Å². The van der Waals surface area contributed by atoms with E-state index in [2.05, 4.69) is 44.3 Å². The number of aromatic nitrogens is 2. The van der Waals surface area contributed by atoms with Crippen molar-refractivity contribution >= 4 is 35.0 Å². The number of hydrogen-bond acceptors (Lipinski definition) is 3. The third kappa shape index (κ3) is 4.66. The lowest BCUT2D eigenvalue weighted by Crippen LogP contribution is -2.15. The molecule has 0 unspecified atom stereocenters. The van der Waals surface area contributed by atoms with Crippen LogP contribution in [0.3, 0.4) is 0 Å². The molecular weight excluding hydrogens is 349 g/mol. The Labute approximate surface area is 153 Å². The summed E-state index contributed by atoms with van der Waals surface area (Å²) in [6.45, 7) is 8.22. The number of rotatable bonds is 6. The molecule has 3 nitrogen and oxygen atoms in total. The second-order valence-electron chi connectivity index (χ2n) is 6.06. The highest BCUT2D eigenvalue weighted by Gasteiger charge is 2.20. The van der Waals surface area contributed by atoms with E-state index in [9.17, 15) is 0 Å². The van der Waals surface area contributed by atoms with Gasteiger partial charge in [-0.05, 0) is 45.1 Å². The van der Waals surface area contributed by atoms with Crippen LogP contribution in [0, 0.1) is 0 Å². The van der Waals surface area contributed by atoms with Gasteiger partial charge in [-0.3, -0.25) is 0 Å². The van der Waals surface area contributed by atoms with Gasteiger partial charge in [0.25, 0.3) is 0 Å². The van der Waals surface area contributed by atoms with Gasteiger partial charge in [-0.2, -0.15) is 0 Å². The molecule has 0 fully saturated rings.